The number of likely N-dealkylation sites (tertiary alicyclic amines) is 1. The van der Waals surface area contributed by atoms with Gasteiger partial charge in [0.05, 0.1) is 31.4 Å². The van der Waals surface area contributed by atoms with E-state index in [-0.39, 0.29) is 31.9 Å². The van der Waals surface area contributed by atoms with Crippen LogP contribution in [0, 0.1) is 0 Å². The van der Waals surface area contributed by atoms with Crippen LogP contribution in [0.4, 0.5) is 13.6 Å². The van der Waals surface area contributed by atoms with Gasteiger partial charge in [-0.2, -0.15) is 0 Å². The topological polar surface area (TPSA) is 77.5 Å². The summed E-state index contributed by atoms with van der Waals surface area (Å²) in [6.07, 6.45) is 0.753. The van der Waals surface area contributed by atoms with E-state index in [1.165, 1.54) is 4.90 Å². The highest BCUT2D eigenvalue weighted by molar-refractivity contribution is 5.69. The smallest absolute Gasteiger partial charge is 0.410 e. The van der Waals surface area contributed by atoms with E-state index >= 15 is 0 Å². The predicted molar refractivity (Wildman–Crippen MR) is 92.9 cm³/mol. The summed E-state index contributed by atoms with van der Waals surface area (Å²) in [6.45, 7) is 4.96. The van der Waals surface area contributed by atoms with Gasteiger partial charge in [-0.05, 0) is 40.0 Å². The van der Waals surface area contributed by atoms with Gasteiger partial charge in [-0.1, -0.05) is 0 Å². The molecule has 1 heterocycles. The van der Waals surface area contributed by atoms with Crippen LogP contribution in [0.1, 0.15) is 40.0 Å². The lowest BCUT2D eigenvalue weighted by molar-refractivity contribution is -0.157. The Labute approximate surface area is 158 Å². The first-order valence-electron chi connectivity index (χ1n) is 9.39. The summed E-state index contributed by atoms with van der Waals surface area (Å²) in [7, 11) is 0. The second-order valence-electron chi connectivity index (χ2n) is 8.20. The van der Waals surface area contributed by atoms with E-state index in [1.54, 1.807) is 20.8 Å². The highest BCUT2D eigenvalue weighted by atomic mass is 19.3. The molecule has 1 amide bonds. The van der Waals surface area contributed by atoms with Crippen molar-refractivity contribution < 1.29 is 37.6 Å². The van der Waals surface area contributed by atoms with Gasteiger partial charge in [0.25, 0.3) is 5.92 Å². The summed E-state index contributed by atoms with van der Waals surface area (Å²) in [6, 6.07) is 0. The second kappa shape index (κ2) is 9.45. The minimum absolute atomic E-state index is 0.0811. The fourth-order valence-electron chi connectivity index (χ4n) is 2.61. The monoisotopic (exact) mass is 395 g/mol. The van der Waals surface area contributed by atoms with Gasteiger partial charge in [-0.15, -0.1) is 0 Å². The largest absolute Gasteiger partial charge is 0.444 e. The van der Waals surface area contributed by atoms with Crippen LogP contribution in [0.25, 0.3) is 0 Å². The molecular weight excluding hydrogens is 364 g/mol. The van der Waals surface area contributed by atoms with Gasteiger partial charge >= 0.3 is 6.09 Å². The lowest BCUT2D eigenvalue weighted by atomic mass is 9.92. The van der Waals surface area contributed by atoms with Gasteiger partial charge in [0.2, 0.25) is 0 Å². The number of carbonyl (C=O) groups excluding carboxylic acids is 1. The SMILES string of the molecule is CC(C)(C)OC(=O)N1CC(OCC(F)(F)COCCCOC2CC(O)C2)C1. The van der Waals surface area contributed by atoms with Crippen molar-refractivity contribution in [3.63, 3.8) is 0 Å². The molecule has 1 aliphatic heterocycles. The molecule has 0 aromatic rings. The molecule has 27 heavy (non-hydrogen) atoms. The quantitative estimate of drug-likeness (QED) is 0.572. The zero-order chi connectivity index (χ0) is 20.1. The van der Waals surface area contributed by atoms with E-state index in [0.717, 1.165) is 0 Å². The van der Waals surface area contributed by atoms with E-state index in [1.807, 2.05) is 0 Å². The van der Waals surface area contributed by atoms with Gasteiger partial charge in [-0.3, -0.25) is 0 Å². The molecule has 1 saturated heterocycles. The van der Waals surface area contributed by atoms with Crippen LogP contribution in [0.3, 0.4) is 0 Å². The maximum absolute atomic E-state index is 13.8. The standard InChI is InChI=1S/C18H31F2NO6/c1-17(2,3)27-16(23)21-9-15(10-21)26-12-18(19,20)11-24-5-4-6-25-14-7-13(22)8-14/h13-15,22H,4-12H2,1-3H3. The van der Waals surface area contributed by atoms with E-state index in [9.17, 15) is 13.6 Å². The molecule has 0 unspecified atom stereocenters. The minimum atomic E-state index is -3.08. The molecule has 1 N–H and O–H groups in total. The molecule has 0 radical (unpaired) electrons. The molecule has 158 valence electrons. The van der Waals surface area contributed by atoms with Gasteiger partial charge in [0, 0.05) is 13.2 Å². The van der Waals surface area contributed by atoms with Crippen LogP contribution in [-0.4, -0.2) is 85.5 Å². The molecule has 0 atom stereocenters. The number of aliphatic hydroxyl groups excluding tert-OH is 1. The van der Waals surface area contributed by atoms with Crippen LogP contribution in [0.2, 0.25) is 0 Å². The number of hydrogen-bond acceptors (Lipinski definition) is 6. The molecule has 9 heteroatoms. The van der Waals surface area contributed by atoms with Gasteiger partial charge < -0.3 is 29.0 Å². The summed E-state index contributed by atoms with van der Waals surface area (Å²) in [5, 5.41) is 9.12. The third kappa shape index (κ3) is 8.25. The Morgan fingerprint density at radius 3 is 2.33 bits per heavy atom. The molecule has 7 nitrogen and oxygen atoms in total. The summed E-state index contributed by atoms with van der Waals surface area (Å²) >= 11 is 0. The molecule has 2 fully saturated rings. The van der Waals surface area contributed by atoms with Crippen LogP contribution < -0.4 is 0 Å². The number of halogens is 2. The fourth-order valence-corrected chi connectivity index (χ4v) is 2.61. The van der Waals surface area contributed by atoms with E-state index in [2.05, 4.69) is 0 Å². The number of hydrogen-bond donors (Lipinski definition) is 1. The van der Waals surface area contributed by atoms with Crippen molar-refractivity contribution in [2.24, 2.45) is 0 Å². The Balaban J connectivity index is 1.47. The number of amides is 1. The Bertz CT molecular complexity index is 473. The summed E-state index contributed by atoms with van der Waals surface area (Å²) < 4.78 is 48.3. The van der Waals surface area contributed by atoms with Gasteiger partial charge in [0.1, 0.15) is 18.8 Å². The van der Waals surface area contributed by atoms with Crippen molar-refractivity contribution in [1.29, 1.82) is 0 Å². The van der Waals surface area contributed by atoms with Crippen LogP contribution in [0.15, 0.2) is 0 Å². The van der Waals surface area contributed by atoms with Crippen molar-refractivity contribution in [2.75, 3.05) is 39.5 Å². The first-order chi connectivity index (χ1) is 12.5. The molecule has 0 aromatic carbocycles. The number of rotatable bonds is 10. The maximum Gasteiger partial charge on any atom is 0.410 e. The highest BCUT2D eigenvalue weighted by Gasteiger charge is 2.37. The van der Waals surface area contributed by atoms with E-state index < -0.39 is 36.9 Å². The second-order valence-corrected chi connectivity index (χ2v) is 8.20. The zero-order valence-corrected chi connectivity index (χ0v) is 16.3. The molecule has 0 bridgehead atoms. The first-order valence-corrected chi connectivity index (χ1v) is 9.39. The lowest BCUT2D eigenvalue weighted by Gasteiger charge is -2.39. The van der Waals surface area contributed by atoms with E-state index in [0.29, 0.717) is 25.9 Å². The normalized spacial score (nSPS) is 23.7. The predicted octanol–water partition coefficient (Wildman–Crippen LogP) is 2.20. The molecule has 2 aliphatic rings. The summed E-state index contributed by atoms with van der Waals surface area (Å²) in [5.41, 5.74) is -0.586. The van der Waals surface area contributed by atoms with Crippen molar-refractivity contribution >= 4 is 6.09 Å². The Morgan fingerprint density at radius 1 is 1.07 bits per heavy atom. The molecule has 2 rings (SSSR count). The van der Waals surface area contributed by atoms with Crippen molar-refractivity contribution in [1.82, 2.24) is 4.90 Å². The molecular formula is C18H31F2NO6. The Morgan fingerprint density at radius 2 is 1.74 bits per heavy atom. The number of nitrogens with zero attached hydrogens (tertiary/aromatic N) is 1. The Kier molecular flexibility index (Phi) is 7.79. The number of ether oxygens (including phenoxy) is 4. The van der Waals surface area contributed by atoms with Crippen molar-refractivity contribution in [3.8, 4) is 0 Å². The Hall–Kier alpha value is -1.03. The highest BCUT2D eigenvalue weighted by Crippen LogP contribution is 2.23. The fraction of sp³-hybridized carbons (Fsp3) is 0.944. The third-order valence-electron chi connectivity index (χ3n) is 4.20. The minimum Gasteiger partial charge on any atom is -0.444 e. The van der Waals surface area contributed by atoms with Gasteiger partial charge in [-0.25, -0.2) is 13.6 Å². The number of aliphatic hydroxyl groups is 1. The van der Waals surface area contributed by atoms with Crippen LogP contribution in [-0.2, 0) is 18.9 Å². The first kappa shape index (κ1) is 22.3. The molecule has 0 aromatic heterocycles. The number of carbonyl (C=O) groups is 1. The summed E-state index contributed by atoms with van der Waals surface area (Å²) in [4.78, 5) is 13.2. The zero-order valence-electron chi connectivity index (χ0n) is 16.3. The van der Waals surface area contributed by atoms with Crippen molar-refractivity contribution in [3.05, 3.63) is 0 Å². The molecule has 1 saturated carbocycles. The van der Waals surface area contributed by atoms with Crippen LogP contribution in [0.5, 0.6) is 0 Å². The molecule has 0 spiro atoms. The molecule has 1 aliphatic carbocycles. The average molecular weight is 395 g/mol. The van der Waals surface area contributed by atoms with Crippen LogP contribution >= 0.6 is 0 Å². The third-order valence-corrected chi connectivity index (χ3v) is 4.20. The van der Waals surface area contributed by atoms with Gasteiger partial charge in [0.15, 0.2) is 0 Å². The maximum atomic E-state index is 13.8. The average Bonchev–Trinajstić information content (AvgIpc) is 2.44. The summed E-state index contributed by atoms with van der Waals surface area (Å²) in [5.74, 6) is -3.08. The lowest BCUT2D eigenvalue weighted by Crippen LogP contribution is -2.56. The van der Waals surface area contributed by atoms with E-state index in [4.69, 9.17) is 24.1 Å². The number of alkyl halides is 2. The van der Waals surface area contributed by atoms with Crippen molar-refractivity contribution in [2.45, 2.75) is 69.9 Å².